The van der Waals surface area contributed by atoms with Gasteiger partial charge in [0.05, 0.1) is 23.8 Å². The van der Waals surface area contributed by atoms with Gasteiger partial charge in [0, 0.05) is 18.7 Å². The maximum absolute atomic E-state index is 12.6. The zero-order chi connectivity index (χ0) is 15.0. The van der Waals surface area contributed by atoms with Crippen molar-refractivity contribution in [1.29, 1.82) is 0 Å². The lowest BCUT2D eigenvalue weighted by atomic mass is 10.1. The van der Waals surface area contributed by atoms with Crippen LogP contribution in [0, 0.1) is 0 Å². The minimum absolute atomic E-state index is 0.105. The Labute approximate surface area is 127 Å². The molecule has 1 saturated heterocycles. The third-order valence-corrected chi connectivity index (χ3v) is 3.77. The molecule has 0 spiro atoms. The summed E-state index contributed by atoms with van der Waals surface area (Å²) in [7, 11) is 0. The van der Waals surface area contributed by atoms with Gasteiger partial charge in [-0.3, -0.25) is 4.79 Å². The van der Waals surface area contributed by atoms with Gasteiger partial charge in [0.25, 0.3) is 5.91 Å². The molecule has 1 amide bonds. The van der Waals surface area contributed by atoms with Gasteiger partial charge in [-0.25, -0.2) is 0 Å². The fraction of sp³-hybridized carbons (Fsp3) is 0.500. The van der Waals surface area contributed by atoms with Crippen molar-refractivity contribution in [3.05, 3.63) is 22.7 Å². The topological polar surface area (TPSA) is 68.2 Å². The molecule has 21 heavy (non-hydrogen) atoms. The van der Waals surface area contributed by atoms with Crippen molar-refractivity contribution in [3.63, 3.8) is 0 Å². The van der Waals surface area contributed by atoms with Crippen LogP contribution in [0.25, 0.3) is 0 Å². The van der Waals surface area contributed by atoms with Crippen molar-refractivity contribution in [3.8, 4) is 11.5 Å². The molecule has 2 unspecified atom stereocenters. The second-order valence-electron chi connectivity index (χ2n) is 5.15. The van der Waals surface area contributed by atoms with Gasteiger partial charge in [-0.05, 0) is 19.1 Å². The predicted octanol–water partition coefficient (Wildman–Crippen LogP) is 1.29. The standard InChI is InChI=1S/C14H16ClNO5/c1-8-4-16(5-10(6-17)21-8)14(18)9-2-11(15)13-12(3-9)19-7-20-13/h2-3,8,10,17H,4-7H2,1H3. The molecule has 2 atom stereocenters. The molecule has 6 nitrogen and oxygen atoms in total. The first-order valence-electron chi connectivity index (χ1n) is 6.73. The van der Waals surface area contributed by atoms with E-state index in [1.807, 2.05) is 6.92 Å². The molecule has 0 aromatic heterocycles. The molecule has 0 saturated carbocycles. The molecule has 1 aromatic carbocycles. The van der Waals surface area contributed by atoms with Gasteiger partial charge in [0.1, 0.15) is 0 Å². The number of hydrogen-bond donors (Lipinski definition) is 1. The molecular formula is C14H16ClNO5. The van der Waals surface area contributed by atoms with Crippen LogP contribution in [0.1, 0.15) is 17.3 Å². The number of halogens is 1. The van der Waals surface area contributed by atoms with Gasteiger partial charge in [-0.1, -0.05) is 11.6 Å². The van der Waals surface area contributed by atoms with Gasteiger partial charge in [-0.15, -0.1) is 0 Å². The Balaban J connectivity index is 1.83. The number of nitrogens with zero attached hydrogens (tertiary/aromatic N) is 1. The van der Waals surface area contributed by atoms with E-state index in [9.17, 15) is 9.90 Å². The lowest BCUT2D eigenvalue weighted by Crippen LogP contribution is -2.50. The number of carbonyl (C=O) groups excluding carboxylic acids is 1. The largest absolute Gasteiger partial charge is 0.454 e. The fourth-order valence-electron chi connectivity index (χ4n) is 2.59. The van der Waals surface area contributed by atoms with Crippen LogP contribution in [0.2, 0.25) is 5.02 Å². The molecule has 3 rings (SSSR count). The van der Waals surface area contributed by atoms with Crippen molar-refractivity contribution < 1.29 is 24.1 Å². The molecule has 2 heterocycles. The first kappa shape index (κ1) is 14.4. The summed E-state index contributed by atoms with van der Waals surface area (Å²) in [6.45, 7) is 2.69. The number of amides is 1. The first-order chi connectivity index (χ1) is 10.1. The summed E-state index contributed by atoms with van der Waals surface area (Å²) in [5, 5.41) is 9.58. The van der Waals surface area contributed by atoms with Gasteiger partial charge >= 0.3 is 0 Å². The van der Waals surface area contributed by atoms with E-state index in [1.54, 1.807) is 17.0 Å². The van der Waals surface area contributed by atoms with Crippen LogP contribution >= 0.6 is 11.6 Å². The third kappa shape index (κ3) is 2.79. The zero-order valence-corrected chi connectivity index (χ0v) is 12.3. The van der Waals surface area contributed by atoms with E-state index < -0.39 is 0 Å². The highest BCUT2D eigenvalue weighted by Gasteiger charge is 2.30. The maximum atomic E-state index is 12.6. The summed E-state index contributed by atoms with van der Waals surface area (Å²) in [5.41, 5.74) is 0.440. The molecule has 2 aliphatic rings. The highest BCUT2D eigenvalue weighted by molar-refractivity contribution is 6.32. The van der Waals surface area contributed by atoms with Gasteiger partial charge in [0.2, 0.25) is 6.79 Å². The monoisotopic (exact) mass is 313 g/mol. The Morgan fingerprint density at radius 3 is 3.00 bits per heavy atom. The molecule has 0 radical (unpaired) electrons. The quantitative estimate of drug-likeness (QED) is 0.891. The SMILES string of the molecule is CC1CN(C(=O)c2cc(Cl)c3c(c2)OCO3)CC(CO)O1. The second-order valence-corrected chi connectivity index (χ2v) is 5.56. The number of hydrogen-bond acceptors (Lipinski definition) is 5. The molecule has 1 fully saturated rings. The molecule has 114 valence electrons. The number of ether oxygens (including phenoxy) is 3. The highest BCUT2D eigenvalue weighted by Crippen LogP contribution is 2.40. The Kier molecular flexibility index (Phi) is 3.93. The molecular weight excluding hydrogens is 298 g/mol. The van der Waals surface area contributed by atoms with E-state index >= 15 is 0 Å². The molecule has 1 aromatic rings. The van der Waals surface area contributed by atoms with E-state index in [4.69, 9.17) is 25.8 Å². The van der Waals surface area contributed by atoms with E-state index in [2.05, 4.69) is 0 Å². The summed E-state index contributed by atoms with van der Waals surface area (Å²) in [6.07, 6.45) is -0.480. The van der Waals surface area contributed by atoms with Crippen molar-refractivity contribution in [1.82, 2.24) is 4.90 Å². The van der Waals surface area contributed by atoms with Crippen LogP contribution in [0.15, 0.2) is 12.1 Å². The van der Waals surface area contributed by atoms with Crippen molar-refractivity contribution in [2.45, 2.75) is 19.1 Å². The zero-order valence-electron chi connectivity index (χ0n) is 11.5. The number of aliphatic hydroxyl groups excluding tert-OH is 1. The van der Waals surface area contributed by atoms with Crippen molar-refractivity contribution in [2.75, 3.05) is 26.5 Å². The molecule has 1 N–H and O–H groups in total. The third-order valence-electron chi connectivity index (χ3n) is 3.49. The van der Waals surface area contributed by atoms with Crippen LogP contribution in [0.4, 0.5) is 0 Å². The lowest BCUT2D eigenvalue weighted by Gasteiger charge is -2.36. The Hall–Kier alpha value is -1.50. The van der Waals surface area contributed by atoms with Crippen molar-refractivity contribution >= 4 is 17.5 Å². The maximum Gasteiger partial charge on any atom is 0.254 e. The number of morpholine rings is 1. The van der Waals surface area contributed by atoms with Crippen LogP contribution in [-0.4, -0.2) is 54.6 Å². The van der Waals surface area contributed by atoms with Crippen LogP contribution in [0.5, 0.6) is 11.5 Å². The molecule has 7 heteroatoms. The number of carbonyl (C=O) groups is 1. The molecule has 0 bridgehead atoms. The average Bonchev–Trinajstić information content (AvgIpc) is 2.94. The number of aliphatic hydroxyl groups is 1. The van der Waals surface area contributed by atoms with Gasteiger partial charge in [0.15, 0.2) is 11.5 Å². The van der Waals surface area contributed by atoms with Crippen molar-refractivity contribution in [2.24, 2.45) is 0 Å². The minimum Gasteiger partial charge on any atom is -0.454 e. The van der Waals surface area contributed by atoms with E-state index in [-0.39, 0.29) is 31.5 Å². The summed E-state index contributed by atoms with van der Waals surface area (Å²) in [6, 6.07) is 3.20. The average molecular weight is 314 g/mol. The Morgan fingerprint density at radius 2 is 2.24 bits per heavy atom. The summed E-state index contributed by atoms with van der Waals surface area (Å²) >= 11 is 6.10. The predicted molar refractivity (Wildman–Crippen MR) is 74.9 cm³/mol. The Morgan fingerprint density at radius 1 is 1.43 bits per heavy atom. The van der Waals surface area contributed by atoms with E-state index in [1.165, 1.54) is 0 Å². The van der Waals surface area contributed by atoms with E-state index in [0.29, 0.717) is 35.2 Å². The summed E-state index contributed by atoms with van der Waals surface area (Å²) < 4.78 is 16.0. The highest BCUT2D eigenvalue weighted by atomic mass is 35.5. The van der Waals surface area contributed by atoms with Gasteiger partial charge in [-0.2, -0.15) is 0 Å². The smallest absolute Gasteiger partial charge is 0.254 e. The summed E-state index contributed by atoms with van der Waals surface area (Å²) in [5.74, 6) is 0.784. The van der Waals surface area contributed by atoms with E-state index in [0.717, 1.165) is 0 Å². The number of benzene rings is 1. The number of fused-ring (bicyclic) bond motifs is 1. The van der Waals surface area contributed by atoms with Crippen LogP contribution in [0.3, 0.4) is 0 Å². The van der Waals surface area contributed by atoms with Gasteiger partial charge < -0.3 is 24.2 Å². The fourth-order valence-corrected chi connectivity index (χ4v) is 2.85. The summed E-state index contributed by atoms with van der Waals surface area (Å²) in [4.78, 5) is 14.2. The Bertz CT molecular complexity index is 565. The normalized spacial score (nSPS) is 24.2. The molecule has 0 aliphatic carbocycles. The van der Waals surface area contributed by atoms with Crippen LogP contribution < -0.4 is 9.47 Å². The molecule has 2 aliphatic heterocycles. The van der Waals surface area contributed by atoms with Crippen LogP contribution in [-0.2, 0) is 4.74 Å². The lowest BCUT2D eigenvalue weighted by molar-refractivity contribution is -0.0858. The first-order valence-corrected chi connectivity index (χ1v) is 7.11. The second kappa shape index (κ2) is 5.71. The minimum atomic E-state index is -0.359. The number of rotatable bonds is 2.